The van der Waals surface area contributed by atoms with Gasteiger partial charge in [0.05, 0.1) is 5.71 Å². The third kappa shape index (κ3) is 2.06. The van der Waals surface area contributed by atoms with E-state index in [1.807, 2.05) is 11.8 Å². The maximum atomic E-state index is 4.90. The Hall–Kier alpha value is -0.480. The SMILES string of the molecule is CO/N=C1\CCSc2ccc(Br)c(C)c21. The molecule has 1 aliphatic rings. The Balaban J connectivity index is 2.58. The fourth-order valence-electron chi connectivity index (χ4n) is 1.72. The molecule has 1 aromatic carbocycles. The Bertz CT molecular complexity index is 417. The third-order valence-electron chi connectivity index (χ3n) is 2.45. The molecule has 0 fully saturated rings. The largest absolute Gasteiger partial charge is 0.399 e. The van der Waals surface area contributed by atoms with Crippen LogP contribution in [0.15, 0.2) is 26.7 Å². The predicted octanol–water partition coefficient (Wildman–Crippen LogP) is 3.60. The molecule has 2 nitrogen and oxygen atoms in total. The lowest BCUT2D eigenvalue weighted by atomic mass is 10.0. The third-order valence-corrected chi connectivity index (χ3v) is 4.37. The molecule has 2 rings (SSSR count). The standard InChI is InChI=1S/C11H12BrNOS/c1-7-8(12)3-4-10-11(7)9(13-14-2)5-6-15-10/h3-4H,5-6H2,1-2H3/b13-9+. The predicted molar refractivity (Wildman–Crippen MR) is 67.8 cm³/mol. The molecule has 1 heterocycles. The summed E-state index contributed by atoms with van der Waals surface area (Å²) in [7, 11) is 1.60. The van der Waals surface area contributed by atoms with Gasteiger partial charge in [-0.1, -0.05) is 21.1 Å². The highest BCUT2D eigenvalue weighted by atomic mass is 79.9. The minimum atomic E-state index is 0.975. The average molecular weight is 286 g/mol. The van der Waals surface area contributed by atoms with E-state index in [4.69, 9.17) is 4.84 Å². The van der Waals surface area contributed by atoms with Crippen LogP contribution < -0.4 is 0 Å². The fraction of sp³-hybridized carbons (Fsp3) is 0.364. The molecule has 15 heavy (non-hydrogen) atoms. The molecule has 0 bridgehead atoms. The molecule has 80 valence electrons. The van der Waals surface area contributed by atoms with Gasteiger partial charge in [0.2, 0.25) is 0 Å². The molecule has 0 unspecified atom stereocenters. The zero-order valence-corrected chi connectivity index (χ0v) is 11.1. The molecule has 0 N–H and O–H groups in total. The van der Waals surface area contributed by atoms with Crippen LogP contribution >= 0.6 is 27.7 Å². The number of hydrogen-bond acceptors (Lipinski definition) is 3. The van der Waals surface area contributed by atoms with Gasteiger partial charge in [0, 0.05) is 27.1 Å². The highest BCUT2D eigenvalue weighted by Gasteiger charge is 2.19. The summed E-state index contributed by atoms with van der Waals surface area (Å²) in [4.78, 5) is 6.20. The average Bonchev–Trinajstić information content (AvgIpc) is 2.24. The molecule has 1 aliphatic heterocycles. The second kappa shape index (κ2) is 4.58. The molecule has 0 aliphatic carbocycles. The molecular weight excluding hydrogens is 274 g/mol. The first-order valence-corrected chi connectivity index (χ1v) is 6.54. The van der Waals surface area contributed by atoms with Crippen LogP contribution in [0.25, 0.3) is 0 Å². The maximum Gasteiger partial charge on any atom is 0.106 e. The van der Waals surface area contributed by atoms with Gasteiger partial charge in [-0.15, -0.1) is 11.8 Å². The number of thioether (sulfide) groups is 1. The van der Waals surface area contributed by atoms with Crippen LogP contribution in [0.4, 0.5) is 0 Å². The summed E-state index contributed by atoms with van der Waals surface area (Å²) >= 11 is 5.43. The summed E-state index contributed by atoms with van der Waals surface area (Å²) in [6.07, 6.45) is 0.975. The van der Waals surface area contributed by atoms with Gasteiger partial charge in [-0.05, 0) is 24.6 Å². The van der Waals surface area contributed by atoms with E-state index in [1.54, 1.807) is 7.11 Å². The zero-order chi connectivity index (χ0) is 10.8. The molecule has 1 aromatic rings. The number of nitrogens with zero attached hydrogens (tertiary/aromatic N) is 1. The van der Waals surface area contributed by atoms with Crippen molar-refractivity contribution in [1.82, 2.24) is 0 Å². The second-order valence-electron chi connectivity index (χ2n) is 3.36. The van der Waals surface area contributed by atoms with Gasteiger partial charge in [-0.3, -0.25) is 0 Å². The Morgan fingerprint density at radius 1 is 1.47 bits per heavy atom. The molecule has 0 atom stereocenters. The number of halogens is 1. The Kier molecular flexibility index (Phi) is 3.36. The maximum absolute atomic E-state index is 4.90. The van der Waals surface area contributed by atoms with Crippen molar-refractivity contribution in [3.05, 3.63) is 27.7 Å². The summed E-state index contributed by atoms with van der Waals surface area (Å²) in [5, 5.41) is 4.11. The first-order chi connectivity index (χ1) is 7.24. The minimum Gasteiger partial charge on any atom is -0.399 e. The molecule has 0 amide bonds. The summed E-state index contributed by atoms with van der Waals surface area (Å²) < 4.78 is 1.13. The van der Waals surface area contributed by atoms with Crippen LogP contribution in [0.3, 0.4) is 0 Å². The molecule has 0 saturated carbocycles. The minimum absolute atomic E-state index is 0.975. The van der Waals surface area contributed by atoms with Crippen molar-refractivity contribution >= 4 is 33.4 Å². The van der Waals surface area contributed by atoms with Gasteiger partial charge in [0.25, 0.3) is 0 Å². The Morgan fingerprint density at radius 3 is 3.00 bits per heavy atom. The van der Waals surface area contributed by atoms with Gasteiger partial charge in [-0.25, -0.2) is 0 Å². The van der Waals surface area contributed by atoms with Crippen LogP contribution in [0.5, 0.6) is 0 Å². The highest BCUT2D eigenvalue weighted by molar-refractivity contribution is 9.10. The van der Waals surface area contributed by atoms with Gasteiger partial charge in [0.1, 0.15) is 7.11 Å². The zero-order valence-electron chi connectivity index (χ0n) is 8.71. The van der Waals surface area contributed by atoms with E-state index in [2.05, 4.69) is 40.1 Å². The van der Waals surface area contributed by atoms with Gasteiger partial charge < -0.3 is 4.84 Å². The summed E-state index contributed by atoms with van der Waals surface area (Å²) in [5.41, 5.74) is 3.54. The molecular formula is C11H12BrNOS. The summed E-state index contributed by atoms with van der Waals surface area (Å²) in [6, 6.07) is 4.23. The molecule has 0 saturated heterocycles. The van der Waals surface area contributed by atoms with Crippen LogP contribution in [0, 0.1) is 6.92 Å². The number of fused-ring (bicyclic) bond motifs is 1. The van der Waals surface area contributed by atoms with Crippen molar-refractivity contribution in [2.24, 2.45) is 5.16 Å². The number of oxime groups is 1. The van der Waals surface area contributed by atoms with Gasteiger partial charge >= 0.3 is 0 Å². The molecule has 0 radical (unpaired) electrons. The van der Waals surface area contributed by atoms with Crippen molar-refractivity contribution in [1.29, 1.82) is 0 Å². The van der Waals surface area contributed by atoms with E-state index in [0.717, 1.165) is 22.4 Å². The van der Waals surface area contributed by atoms with Crippen LogP contribution in [0.1, 0.15) is 17.5 Å². The number of hydrogen-bond donors (Lipinski definition) is 0. The molecule has 0 spiro atoms. The van der Waals surface area contributed by atoms with E-state index >= 15 is 0 Å². The van der Waals surface area contributed by atoms with Crippen molar-refractivity contribution in [3.8, 4) is 0 Å². The number of rotatable bonds is 1. The van der Waals surface area contributed by atoms with E-state index in [0.29, 0.717) is 0 Å². The van der Waals surface area contributed by atoms with Crippen molar-refractivity contribution in [2.75, 3.05) is 12.9 Å². The van der Waals surface area contributed by atoms with Crippen molar-refractivity contribution in [3.63, 3.8) is 0 Å². The lowest BCUT2D eigenvalue weighted by Crippen LogP contribution is -2.12. The summed E-state index contributed by atoms with van der Waals surface area (Å²) in [5.74, 6) is 1.08. The monoisotopic (exact) mass is 285 g/mol. The topological polar surface area (TPSA) is 21.6 Å². The Morgan fingerprint density at radius 2 is 2.27 bits per heavy atom. The molecule has 0 aromatic heterocycles. The quantitative estimate of drug-likeness (QED) is 0.736. The van der Waals surface area contributed by atoms with Gasteiger partial charge in [0.15, 0.2) is 0 Å². The lowest BCUT2D eigenvalue weighted by Gasteiger charge is -2.19. The Labute approximate surface area is 102 Å². The smallest absolute Gasteiger partial charge is 0.106 e. The fourth-order valence-corrected chi connectivity index (χ4v) is 3.15. The summed E-state index contributed by atoms with van der Waals surface area (Å²) in [6.45, 7) is 2.11. The van der Waals surface area contributed by atoms with Gasteiger partial charge in [-0.2, -0.15) is 0 Å². The second-order valence-corrected chi connectivity index (χ2v) is 5.36. The van der Waals surface area contributed by atoms with E-state index in [-0.39, 0.29) is 0 Å². The molecule has 4 heteroatoms. The lowest BCUT2D eigenvalue weighted by molar-refractivity contribution is 0.213. The van der Waals surface area contributed by atoms with E-state index in [1.165, 1.54) is 16.0 Å². The highest BCUT2D eigenvalue weighted by Crippen LogP contribution is 2.35. The van der Waals surface area contributed by atoms with E-state index in [9.17, 15) is 0 Å². The van der Waals surface area contributed by atoms with Crippen LogP contribution in [-0.2, 0) is 4.84 Å². The first-order valence-electron chi connectivity index (χ1n) is 4.76. The number of benzene rings is 1. The van der Waals surface area contributed by atoms with Crippen LogP contribution in [0.2, 0.25) is 0 Å². The van der Waals surface area contributed by atoms with Crippen LogP contribution in [-0.4, -0.2) is 18.6 Å². The van der Waals surface area contributed by atoms with Crippen molar-refractivity contribution in [2.45, 2.75) is 18.2 Å². The normalized spacial score (nSPS) is 17.7. The van der Waals surface area contributed by atoms with Crippen molar-refractivity contribution < 1.29 is 4.84 Å². The first kappa shape index (κ1) is 11.0. The van der Waals surface area contributed by atoms with E-state index < -0.39 is 0 Å².